The molecule has 0 saturated carbocycles. The quantitative estimate of drug-likeness (QED) is 0.332. The van der Waals surface area contributed by atoms with Crippen molar-refractivity contribution in [1.29, 1.82) is 0 Å². The van der Waals surface area contributed by atoms with Crippen LogP contribution in [0, 0.1) is 12.7 Å². The molecule has 1 aromatic heterocycles. The molecule has 0 atom stereocenters. The molecule has 4 rings (SSSR count). The van der Waals surface area contributed by atoms with Gasteiger partial charge >= 0.3 is 0 Å². The molecule has 0 radical (unpaired) electrons. The van der Waals surface area contributed by atoms with E-state index in [0.29, 0.717) is 22.6 Å². The summed E-state index contributed by atoms with van der Waals surface area (Å²) in [6.45, 7) is 8.07. The Kier molecular flexibility index (Phi) is 6.79. The van der Waals surface area contributed by atoms with Crippen LogP contribution in [-0.4, -0.2) is 31.3 Å². The zero-order chi connectivity index (χ0) is 24.3. The fourth-order valence-corrected chi connectivity index (χ4v) is 4.56. The summed E-state index contributed by atoms with van der Waals surface area (Å²) >= 11 is 1.67. The normalized spacial score (nSPS) is 11.4. The molecule has 0 aliphatic carbocycles. The van der Waals surface area contributed by atoms with Crippen molar-refractivity contribution in [2.24, 2.45) is 0 Å². The third-order valence-electron chi connectivity index (χ3n) is 5.10. The number of benzene rings is 3. The van der Waals surface area contributed by atoms with Crippen molar-refractivity contribution in [3.63, 3.8) is 0 Å². The van der Waals surface area contributed by atoms with E-state index in [4.69, 9.17) is 0 Å². The van der Waals surface area contributed by atoms with Gasteiger partial charge in [0.1, 0.15) is 5.82 Å². The van der Waals surface area contributed by atoms with E-state index in [9.17, 15) is 9.18 Å². The lowest BCUT2D eigenvalue weighted by Crippen LogP contribution is -2.16. The lowest BCUT2D eigenvalue weighted by molar-refractivity contribution is -0.115. The Morgan fingerprint density at radius 1 is 1.06 bits per heavy atom. The molecule has 0 fully saturated rings. The van der Waals surface area contributed by atoms with E-state index in [1.807, 2.05) is 42.5 Å². The molecular weight excluding hydrogens is 449 g/mol. The minimum Gasteiger partial charge on any atom is -0.325 e. The molecule has 0 aliphatic heterocycles. The van der Waals surface area contributed by atoms with E-state index < -0.39 is 0 Å². The van der Waals surface area contributed by atoms with Crippen LogP contribution in [0.4, 0.5) is 10.1 Å². The highest BCUT2D eigenvalue weighted by molar-refractivity contribution is 8.00. The van der Waals surface area contributed by atoms with Crippen molar-refractivity contribution < 1.29 is 9.18 Å². The monoisotopic (exact) mass is 475 g/mol. The number of thioether (sulfide) groups is 1. The number of tetrazole rings is 1. The van der Waals surface area contributed by atoms with Gasteiger partial charge in [-0.15, -0.1) is 22.0 Å². The van der Waals surface area contributed by atoms with Crippen LogP contribution in [0.3, 0.4) is 0 Å². The highest BCUT2D eigenvalue weighted by atomic mass is 32.2. The Morgan fingerprint density at radius 3 is 2.50 bits per heavy atom. The van der Waals surface area contributed by atoms with Gasteiger partial charge in [0.15, 0.2) is 0 Å². The van der Waals surface area contributed by atoms with Crippen molar-refractivity contribution in [3.8, 4) is 22.5 Å². The van der Waals surface area contributed by atoms with Gasteiger partial charge in [0, 0.05) is 15.2 Å². The summed E-state index contributed by atoms with van der Waals surface area (Å²) in [6, 6.07) is 18.7. The van der Waals surface area contributed by atoms with E-state index in [2.05, 4.69) is 46.7 Å². The molecule has 8 heteroatoms. The third kappa shape index (κ3) is 5.69. The first-order chi connectivity index (χ1) is 16.2. The van der Waals surface area contributed by atoms with E-state index in [1.54, 1.807) is 30.8 Å². The molecule has 34 heavy (non-hydrogen) atoms. The van der Waals surface area contributed by atoms with E-state index in [0.717, 1.165) is 21.6 Å². The summed E-state index contributed by atoms with van der Waals surface area (Å²) < 4.78 is 13.9. The zero-order valence-electron chi connectivity index (χ0n) is 19.5. The molecule has 0 bridgehead atoms. The van der Waals surface area contributed by atoms with Crippen LogP contribution in [0.15, 0.2) is 65.6 Å². The second kappa shape index (κ2) is 9.77. The van der Waals surface area contributed by atoms with Crippen molar-refractivity contribution in [1.82, 2.24) is 20.6 Å². The zero-order valence-corrected chi connectivity index (χ0v) is 20.3. The first-order valence-electron chi connectivity index (χ1n) is 10.9. The second-order valence-corrected chi connectivity index (χ2v) is 10.9. The van der Waals surface area contributed by atoms with Gasteiger partial charge in [-0.25, -0.2) is 4.39 Å². The maximum Gasteiger partial charge on any atom is 0.228 e. The number of hydrogen-bond donors (Lipinski definition) is 2. The number of aromatic amines is 1. The number of halogens is 1. The summed E-state index contributed by atoms with van der Waals surface area (Å²) in [6.07, 6.45) is 0.0838. The predicted molar refractivity (Wildman–Crippen MR) is 134 cm³/mol. The average molecular weight is 476 g/mol. The van der Waals surface area contributed by atoms with Crippen molar-refractivity contribution in [2.75, 3.05) is 5.32 Å². The topological polar surface area (TPSA) is 83.6 Å². The first kappa shape index (κ1) is 23.6. The maximum absolute atomic E-state index is 13.9. The molecule has 1 amide bonds. The van der Waals surface area contributed by atoms with E-state index >= 15 is 0 Å². The molecule has 174 valence electrons. The Labute approximate surface area is 202 Å². The number of aryl methyl sites for hydroxylation is 1. The molecule has 4 aromatic rings. The highest BCUT2D eigenvalue weighted by Crippen LogP contribution is 2.40. The van der Waals surface area contributed by atoms with Crippen LogP contribution in [0.5, 0.6) is 0 Å². The Balaban J connectivity index is 1.68. The number of anilines is 1. The largest absolute Gasteiger partial charge is 0.325 e. The fraction of sp³-hybridized carbons (Fsp3) is 0.231. The van der Waals surface area contributed by atoms with E-state index in [-0.39, 0.29) is 22.9 Å². The molecule has 6 nitrogen and oxygen atoms in total. The number of rotatable bonds is 6. The van der Waals surface area contributed by atoms with Crippen LogP contribution in [0.25, 0.3) is 22.5 Å². The van der Waals surface area contributed by atoms with Gasteiger partial charge in [-0.1, -0.05) is 63.2 Å². The van der Waals surface area contributed by atoms with Gasteiger partial charge in [0.25, 0.3) is 0 Å². The molecule has 0 aliphatic rings. The predicted octanol–water partition coefficient (Wildman–Crippen LogP) is 6.05. The van der Waals surface area contributed by atoms with Crippen LogP contribution in [0.1, 0.15) is 31.9 Å². The number of amides is 1. The fourth-order valence-electron chi connectivity index (χ4n) is 3.55. The first-order valence-corrected chi connectivity index (χ1v) is 11.7. The van der Waals surface area contributed by atoms with Gasteiger partial charge in [-0.2, -0.15) is 5.21 Å². The second-order valence-electron chi connectivity index (χ2n) is 9.01. The summed E-state index contributed by atoms with van der Waals surface area (Å²) in [7, 11) is 0. The number of nitrogens with zero attached hydrogens (tertiary/aromatic N) is 3. The Morgan fingerprint density at radius 2 is 1.82 bits per heavy atom. The summed E-state index contributed by atoms with van der Waals surface area (Å²) in [4.78, 5) is 13.9. The summed E-state index contributed by atoms with van der Waals surface area (Å²) in [5.41, 5.74) is 4.56. The van der Waals surface area contributed by atoms with Gasteiger partial charge < -0.3 is 5.32 Å². The van der Waals surface area contributed by atoms with E-state index in [1.165, 1.54) is 6.07 Å². The number of carbonyl (C=O) groups excluding carboxylic acids is 1. The van der Waals surface area contributed by atoms with Gasteiger partial charge in [0.2, 0.25) is 11.7 Å². The SMILES string of the molecule is Cc1ccc(CC(=O)Nc2cc(-c3ccccc3-c3nn[nH]n3)ccc2SC(C)(C)C)cc1F. The molecule has 0 unspecified atom stereocenters. The van der Waals surface area contributed by atoms with Crippen LogP contribution in [0.2, 0.25) is 0 Å². The van der Waals surface area contributed by atoms with Gasteiger partial charge in [0.05, 0.1) is 12.1 Å². The molecule has 1 heterocycles. The lowest BCUT2D eigenvalue weighted by Gasteiger charge is -2.21. The molecular formula is C26H26FN5OS. The summed E-state index contributed by atoms with van der Waals surface area (Å²) in [5, 5.41) is 17.4. The Bertz CT molecular complexity index is 1320. The van der Waals surface area contributed by atoms with Gasteiger partial charge in [-0.3, -0.25) is 4.79 Å². The maximum atomic E-state index is 13.9. The highest BCUT2D eigenvalue weighted by Gasteiger charge is 2.19. The number of nitrogens with one attached hydrogen (secondary N) is 2. The lowest BCUT2D eigenvalue weighted by atomic mass is 9.99. The minimum absolute atomic E-state index is 0.0520. The molecule has 3 aromatic carbocycles. The number of H-pyrrole nitrogens is 1. The van der Waals surface area contributed by atoms with Crippen LogP contribution >= 0.6 is 11.8 Å². The Hall–Kier alpha value is -3.52. The third-order valence-corrected chi connectivity index (χ3v) is 6.28. The number of hydrogen-bond acceptors (Lipinski definition) is 5. The number of carbonyl (C=O) groups is 1. The van der Waals surface area contributed by atoms with Gasteiger partial charge in [-0.05, 0) is 52.6 Å². The standard InChI is InChI=1S/C26H26FN5OS/c1-16-9-10-17(13-21(16)27)14-24(33)28-22-15-18(11-12-23(22)34-26(2,3)4)19-7-5-6-8-20(19)25-29-31-32-30-25/h5-13,15H,14H2,1-4H3,(H,28,33)(H,29,30,31,32). The number of aromatic nitrogens is 4. The van der Waals surface area contributed by atoms with Crippen molar-refractivity contribution >= 4 is 23.4 Å². The van der Waals surface area contributed by atoms with Crippen LogP contribution < -0.4 is 5.32 Å². The minimum atomic E-state index is -0.311. The molecule has 0 spiro atoms. The smallest absolute Gasteiger partial charge is 0.228 e. The summed E-state index contributed by atoms with van der Waals surface area (Å²) in [5.74, 6) is -0.0207. The molecule has 2 N–H and O–H groups in total. The van der Waals surface area contributed by atoms with Crippen LogP contribution in [-0.2, 0) is 11.2 Å². The van der Waals surface area contributed by atoms with Crippen molar-refractivity contribution in [3.05, 3.63) is 77.6 Å². The average Bonchev–Trinajstić information content (AvgIpc) is 3.31. The van der Waals surface area contributed by atoms with Crippen molar-refractivity contribution in [2.45, 2.75) is 43.8 Å². The molecule has 0 saturated heterocycles.